The van der Waals surface area contributed by atoms with Gasteiger partial charge in [-0.1, -0.05) is 12.2 Å². The van der Waals surface area contributed by atoms with Crippen LogP contribution in [0, 0.1) is 5.92 Å². The van der Waals surface area contributed by atoms with Gasteiger partial charge in [-0.2, -0.15) is 0 Å². The van der Waals surface area contributed by atoms with Gasteiger partial charge in [0, 0.05) is 33.3 Å². The predicted octanol–water partition coefficient (Wildman–Crippen LogP) is 2.89. The van der Waals surface area contributed by atoms with E-state index in [4.69, 9.17) is 4.74 Å². The van der Waals surface area contributed by atoms with Crippen molar-refractivity contribution in [1.82, 2.24) is 10.2 Å². The molecule has 118 valence electrons. The molecule has 1 fully saturated rings. The third-order valence-electron chi connectivity index (χ3n) is 3.11. The highest BCUT2D eigenvalue weighted by Gasteiger charge is 2.21. The summed E-state index contributed by atoms with van der Waals surface area (Å²) >= 11 is 0. The number of halogens is 1. The van der Waals surface area contributed by atoms with E-state index in [-0.39, 0.29) is 24.0 Å². The van der Waals surface area contributed by atoms with Gasteiger partial charge in [-0.3, -0.25) is 4.99 Å². The number of ether oxygens (including phenoxy) is 1. The van der Waals surface area contributed by atoms with E-state index >= 15 is 0 Å². The molecule has 4 nitrogen and oxygen atoms in total. The van der Waals surface area contributed by atoms with Gasteiger partial charge >= 0.3 is 0 Å². The van der Waals surface area contributed by atoms with E-state index < -0.39 is 0 Å². The van der Waals surface area contributed by atoms with Crippen molar-refractivity contribution in [3.05, 3.63) is 12.2 Å². The molecule has 1 aliphatic carbocycles. The Morgan fingerprint density at radius 2 is 2.20 bits per heavy atom. The lowest BCUT2D eigenvalue weighted by Gasteiger charge is -2.21. The van der Waals surface area contributed by atoms with E-state index in [1.807, 2.05) is 6.92 Å². The second-order valence-electron chi connectivity index (χ2n) is 5.03. The molecule has 5 heteroatoms. The summed E-state index contributed by atoms with van der Waals surface area (Å²) in [5.74, 6) is 1.81. The Labute approximate surface area is 141 Å². The number of nitrogens with one attached hydrogen (secondary N) is 1. The molecule has 0 spiro atoms. The zero-order chi connectivity index (χ0) is 13.9. The molecule has 0 heterocycles. The molecule has 1 saturated carbocycles. The molecule has 1 rings (SSSR count). The number of hydrogen-bond acceptors (Lipinski definition) is 2. The summed E-state index contributed by atoms with van der Waals surface area (Å²) in [5, 5.41) is 3.32. The largest absolute Gasteiger partial charge is 0.379 e. The first-order valence-electron chi connectivity index (χ1n) is 7.46. The highest BCUT2D eigenvalue weighted by molar-refractivity contribution is 14.0. The zero-order valence-electron chi connectivity index (χ0n) is 13.1. The first-order valence-corrected chi connectivity index (χ1v) is 7.46. The third kappa shape index (κ3) is 9.58. The maximum absolute atomic E-state index is 5.66. The minimum Gasteiger partial charge on any atom is -0.379 e. The lowest BCUT2D eigenvalue weighted by molar-refractivity contribution is 0.115. The highest BCUT2D eigenvalue weighted by Crippen LogP contribution is 2.28. The molecule has 0 aliphatic heterocycles. The van der Waals surface area contributed by atoms with Gasteiger partial charge in [-0.05, 0) is 39.0 Å². The molecule has 0 bridgehead atoms. The fourth-order valence-electron chi connectivity index (χ4n) is 1.72. The average molecular weight is 395 g/mol. The molecule has 0 radical (unpaired) electrons. The summed E-state index contributed by atoms with van der Waals surface area (Å²) in [6.45, 7) is 8.48. The average Bonchev–Trinajstić information content (AvgIpc) is 3.22. The number of aliphatic imine (C=N–C) groups is 1. The van der Waals surface area contributed by atoms with E-state index in [1.54, 1.807) is 0 Å². The fraction of sp³-hybridized carbons (Fsp3) is 0.800. The first kappa shape index (κ1) is 19.7. The molecular weight excluding hydrogens is 365 g/mol. The topological polar surface area (TPSA) is 36.9 Å². The van der Waals surface area contributed by atoms with Crippen LogP contribution in [0.1, 0.15) is 33.1 Å². The van der Waals surface area contributed by atoms with Crippen LogP contribution in [0.25, 0.3) is 0 Å². The molecule has 0 aromatic rings. The normalized spacial score (nSPS) is 15.2. The standard InChI is InChI=1S/C15H29N3O.HI/c1-4-6-7-10-17-15(16-5-2)18(3)11-12-19-13-14-8-9-14;/h4,6,14H,5,7-13H2,1-3H3,(H,16,17);1H/b6-4+;. The summed E-state index contributed by atoms with van der Waals surface area (Å²) in [6.07, 6.45) is 7.91. The van der Waals surface area contributed by atoms with Crippen LogP contribution in [0.5, 0.6) is 0 Å². The van der Waals surface area contributed by atoms with E-state index in [2.05, 4.69) is 41.3 Å². The Kier molecular flexibility index (Phi) is 12.3. The van der Waals surface area contributed by atoms with E-state index in [0.717, 1.165) is 51.1 Å². The van der Waals surface area contributed by atoms with Crippen molar-refractivity contribution >= 4 is 29.9 Å². The fourth-order valence-corrected chi connectivity index (χ4v) is 1.72. The number of hydrogen-bond donors (Lipinski definition) is 1. The monoisotopic (exact) mass is 395 g/mol. The highest BCUT2D eigenvalue weighted by atomic mass is 127. The van der Waals surface area contributed by atoms with Gasteiger partial charge in [-0.25, -0.2) is 0 Å². The lowest BCUT2D eigenvalue weighted by Crippen LogP contribution is -2.40. The number of allylic oxidation sites excluding steroid dienone is 1. The number of guanidine groups is 1. The van der Waals surface area contributed by atoms with Crippen LogP contribution in [0.3, 0.4) is 0 Å². The van der Waals surface area contributed by atoms with E-state index in [0.29, 0.717) is 0 Å². The molecule has 0 aromatic carbocycles. The van der Waals surface area contributed by atoms with Crippen LogP contribution >= 0.6 is 24.0 Å². The minimum absolute atomic E-state index is 0. The van der Waals surface area contributed by atoms with Crippen molar-refractivity contribution < 1.29 is 4.74 Å². The molecule has 0 atom stereocenters. The molecule has 0 amide bonds. The second kappa shape index (κ2) is 12.4. The van der Waals surface area contributed by atoms with Crippen molar-refractivity contribution in [2.75, 3.05) is 39.9 Å². The van der Waals surface area contributed by atoms with Crippen LogP contribution < -0.4 is 5.32 Å². The molecule has 0 aromatic heterocycles. The van der Waals surface area contributed by atoms with E-state index in [1.165, 1.54) is 12.8 Å². The number of likely N-dealkylation sites (N-methyl/N-ethyl adjacent to an activating group) is 1. The quantitative estimate of drug-likeness (QED) is 0.215. The molecular formula is C15H30IN3O. The van der Waals surface area contributed by atoms with Crippen molar-refractivity contribution in [2.45, 2.75) is 33.1 Å². The van der Waals surface area contributed by atoms with Crippen molar-refractivity contribution in [2.24, 2.45) is 10.9 Å². The van der Waals surface area contributed by atoms with Crippen molar-refractivity contribution in [3.8, 4) is 0 Å². The van der Waals surface area contributed by atoms with Gasteiger partial charge in [0.2, 0.25) is 0 Å². The first-order chi connectivity index (χ1) is 9.27. The molecule has 1 aliphatic rings. The van der Waals surface area contributed by atoms with Gasteiger partial charge in [0.15, 0.2) is 5.96 Å². The second-order valence-corrected chi connectivity index (χ2v) is 5.03. The van der Waals surface area contributed by atoms with Crippen molar-refractivity contribution in [3.63, 3.8) is 0 Å². The van der Waals surface area contributed by atoms with Crippen LogP contribution in [-0.4, -0.2) is 50.8 Å². The smallest absolute Gasteiger partial charge is 0.193 e. The van der Waals surface area contributed by atoms with Gasteiger partial charge in [0.05, 0.1) is 6.61 Å². The molecule has 1 N–H and O–H groups in total. The summed E-state index contributed by atoms with van der Waals surface area (Å²) in [6, 6.07) is 0. The van der Waals surface area contributed by atoms with Crippen molar-refractivity contribution in [1.29, 1.82) is 0 Å². The Hall–Kier alpha value is -0.300. The lowest BCUT2D eigenvalue weighted by atomic mass is 10.4. The summed E-state index contributed by atoms with van der Waals surface area (Å²) in [5.41, 5.74) is 0. The summed E-state index contributed by atoms with van der Waals surface area (Å²) in [7, 11) is 2.07. The number of rotatable bonds is 9. The summed E-state index contributed by atoms with van der Waals surface area (Å²) in [4.78, 5) is 6.75. The Morgan fingerprint density at radius 3 is 2.80 bits per heavy atom. The predicted molar refractivity (Wildman–Crippen MR) is 97.0 cm³/mol. The maximum atomic E-state index is 5.66. The SMILES string of the molecule is C/C=C/CCN=C(NCC)N(C)CCOCC1CC1.I. The van der Waals surface area contributed by atoms with Gasteiger partial charge in [0.25, 0.3) is 0 Å². The van der Waals surface area contributed by atoms with Gasteiger partial charge in [-0.15, -0.1) is 24.0 Å². The van der Waals surface area contributed by atoms with Gasteiger partial charge < -0.3 is 15.0 Å². The Balaban J connectivity index is 0.00000361. The van der Waals surface area contributed by atoms with Crippen LogP contribution in [0.15, 0.2) is 17.1 Å². The molecule has 0 unspecified atom stereocenters. The molecule has 0 saturated heterocycles. The van der Waals surface area contributed by atoms with Gasteiger partial charge in [0.1, 0.15) is 0 Å². The molecule has 20 heavy (non-hydrogen) atoms. The third-order valence-corrected chi connectivity index (χ3v) is 3.11. The van der Waals surface area contributed by atoms with Crippen LogP contribution in [0.4, 0.5) is 0 Å². The Bertz CT molecular complexity index is 291. The van der Waals surface area contributed by atoms with E-state index in [9.17, 15) is 0 Å². The maximum Gasteiger partial charge on any atom is 0.193 e. The number of nitrogens with zero attached hydrogens (tertiary/aromatic N) is 2. The summed E-state index contributed by atoms with van der Waals surface area (Å²) < 4.78 is 5.66. The zero-order valence-corrected chi connectivity index (χ0v) is 15.4. The van der Waals surface area contributed by atoms with Crippen LogP contribution in [-0.2, 0) is 4.74 Å². The Morgan fingerprint density at radius 1 is 1.45 bits per heavy atom. The van der Waals surface area contributed by atoms with Crippen LogP contribution in [0.2, 0.25) is 0 Å². The minimum atomic E-state index is 0.